The number of hydrogen-bond acceptors (Lipinski definition) is 6. The van der Waals surface area contributed by atoms with Gasteiger partial charge in [-0.1, -0.05) is 50.2 Å². The van der Waals surface area contributed by atoms with Gasteiger partial charge in [-0.05, 0) is 92.8 Å². The van der Waals surface area contributed by atoms with E-state index in [-0.39, 0.29) is 23.8 Å². The van der Waals surface area contributed by atoms with Crippen LogP contribution < -0.4 is 5.32 Å². The number of fused-ring (bicyclic) bond motifs is 1. The molecule has 0 spiro atoms. The number of piperidine rings is 1. The zero-order valence-electron chi connectivity index (χ0n) is 27.0. The van der Waals surface area contributed by atoms with E-state index in [0.29, 0.717) is 29.6 Å². The summed E-state index contributed by atoms with van der Waals surface area (Å²) in [4.78, 5) is 31.9. The maximum atomic E-state index is 12.4. The van der Waals surface area contributed by atoms with Gasteiger partial charge in [0.2, 0.25) is 5.91 Å². The molecule has 3 heterocycles. The van der Waals surface area contributed by atoms with Crippen molar-refractivity contribution in [3.63, 3.8) is 0 Å². The molecule has 1 N–H and O–H groups in total. The van der Waals surface area contributed by atoms with E-state index >= 15 is 0 Å². The molecule has 1 amide bonds. The van der Waals surface area contributed by atoms with E-state index in [1.807, 2.05) is 43.9 Å². The lowest BCUT2D eigenvalue weighted by Gasteiger charge is -2.33. The molecule has 1 aliphatic heterocycles. The lowest BCUT2D eigenvalue weighted by molar-refractivity contribution is -0.135. The van der Waals surface area contributed by atoms with E-state index in [1.165, 1.54) is 22.3 Å². The molecule has 8 heteroatoms. The molecular weight excluding hydrogens is 562 g/mol. The van der Waals surface area contributed by atoms with Crippen LogP contribution >= 0.6 is 0 Å². The molecule has 2 aromatic heterocycles. The zero-order chi connectivity index (χ0) is 31.7. The Morgan fingerprint density at radius 2 is 1.80 bits per heavy atom. The maximum Gasteiger partial charge on any atom is 0.341 e. The van der Waals surface area contributed by atoms with Gasteiger partial charge in [0.1, 0.15) is 5.56 Å². The number of hydrogen-bond donors (Lipinski definition) is 1. The third kappa shape index (κ3) is 6.10. The Kier molecular flexibility index (Phi) is 8.74. The topological polar surface area (TPSA) is 89.4 Å². The molecule has 1 aliphatic carbocycles. The van der Waals surface area contributed by atoms with Gasteiger partial charge >= 0.3 is 5.97 Å². The fourth-order valence-electron chi connectivity index (χ4n) is 6.88. The van der Waals surface area contributed by atoms with Crippen LogP contribution in [0.5, 0.6) is 0 Å². The Morgan fingerprint density at radius 3 is 2.53 bits per heavy atom. The summed E-state index contributed by atoms with van der Waals surface area (Å²) in [7, 11) is 0. The summed E-state index contributed by atoms with van der Waals surface area (Å²) in [6.07, 6.45) is 5.59. The van der Waals surface area contributed by atoms with Crippen LogP contribution in [0.1, 0.15) is 90.3 Å². The third-order valence-corrected chi connectivity index (χ3v) is 9.33. The summed E-state index contributed by atoms with van der Waals surface area (Å²) in [5, 5.41) is 8.33. The molecule has 6 rings (SSSR count). The van der Waals surface area contributed by atoms with Crippen molar-refractivity contribution in [2.75, 3.05) is 25.0 Å². The van der Waals surface area contributed by atoms with E-state index in [0.717, 1.165) is 55.7 Å². The molecule has 1 unspecified atom stereocenters. The Bertz CT molecular complexity index is 1720. The van der Waals surface area contributed by atoms with Crippen molar-refractivity contribution in [2.24, 2.45) is 5.92 Å². The molecule has 0 radical (unpaired) electrons. The summed E-state index contributed by atoms with van der Waals surface area (Å²) in [5.74, 6) is 1.09. The van der Waals surface area contributed by atoms with Crippen molar-refractivity contribution in [3.05, 3.63) is 94.3 Å². The maximum absolute atomic E-state index is 12.4. The highest BCUT2D eigenvalue weighted by Gasteiger charge is 2.28. The number of esters is 1. The largest absolute Gasteiger partial charge is 0.462 e. The number of nitrogens with zero attached hydrogens (tertiary/aromatic N) is 4. The van der Waals surface area contributed by atoms with Crippen LogP contribution in [-0.4, -0.2) is 51.2 Å². The summed E-state index contributed by atoms with van der Waals surface area (Å²) in [6.45, 7) is 11.8. The van der Waals surface area contributed by atoms with Crippen molar-refractivity contribution < 1.29 is 14.3 Å². The summed E-state index contributed by atoms with van der Waals surface area (Å²) in [6, 6.07) is 19.4. The molecule has 1 fully saturated rings. The van der Waals surface area contributed by atoms with Crippen LogP contribution in [0.2, 0.25) is 0 Å². The molecule has 0 bridgehead atoms. The van der Waals surface area contributed by atoms with E-state index in [2.05, 4.69) is 53.7 Å². The predicted molar refractivity (Wildman–Crippen MR) is 177 cm³/mol. The van der Waals surface area contributed by atoms with Gasteiger partial charge in [-0.2, -0.15) is 5.10 Å². The van der Waals surface area contributed by atoms with Gasteiger partial charge < -0.3 is 15.0 Å². The second-order valence-electron chi connectivity index (χ2n) is 12.6. The molecule has 2 aromatic carbocycles. The number of nitrogens with one attached hydrogen (secondary N) is 1. The standard InChI is InChI=1S/C37H43N5O3/c1-6-45-37(44)30-22-38-42(25(30)5)34-12-8-11-32(40-34)29-10-7-9-27-13-16-33(35(27)29)39-31-15-14-28(21-24(31)4)26-17-19-41(20-18-26)36(43)23(2)3/h7-12,14-15,21-23,26,33,39H,6,13,16-20H2,1-5H3. The minimum absolute atomic E-state index is 0.0571. The number of carbonyl (C=O) groups excluding carboxylic acids is 2. The van der Waals surface area contributed by atoms with Crippen molar-refractivity contribution in [1.82, 2.24) is 19.7 Å². The molecule has 234 valence electrons. The number of aromatic nitrogens is 3. The van der Waals surface area contributed by atoms with Gasteiger partial charge in [-0.25, -0.2) is 14.5 Å². The first kappa shape index (κ1) is 30.6. The van der Waals surface area contributed by atoms with E-state index in [9.17, 15) is 9.59 Å². The first-order chi connectivity index (χ1) is 21.7. The van der Waals surface area contributed by atoms with Crippen LogP contribution in [0.25, 0.3) is 17.1 Å². The van der Waals surface area contributed by atoms with Crippen molar-refractivity contribution in [1.29, 1.82) is 0 Å². The molecule has 1 atom stereocenters. The summed E-state index contributed by atoms with van der Waals surface area (Å²) in [5.41, 5.74) is 9.52. The normalized spacial score (nSPS) is 16.6. The predicted octanol–water partition coefficient (Wildman–Crippen LogP) is 7.19. The van der Waals surface area contributed by atoms with E-state index in [4.69, 9.17) is 9.72 Å². The van der Waals surface area contributed by atoms with E-state index in [1.54, 1.807) is 17.8 Å². The zero-order valence-corrected chi connectivity index (χ0v) is 27.0. The van der Waals surface area contributed by atoms with E-state index < -0.39 is 0 Å². The van der Waals surface area contributed by atoms with Crippen LogP contribution in [0.4, 0.5) is 5.69 Å². The number of aryl methyl sites for hydroxylation is 2. The first-order valence-electron chi connectivity index (χ1n) is 16.2. The average molecular weight is 606 g/mol. The second-order valence-corrected chi connectivity index (χ2v) is 12.6. The number of likely N-dealkylation sites (tertiary alicyclic amines) is 1. The monoisotopic (exact) mass is 605 g/mol. The van der Waals surface area contributed by atoms with Crippen LogP contribution in [0.3, 0.4) is 0 Å². The summed E-state index contributed by atoms with van der Waals surface area (Å²) >= 11 is 0. The molecule has 2 aliphatic rings. The van der Waals surface area contributed by atoms with Crippen LogP contribution in [0.15, 0.2) is 60.8 Å². The fraction of sp³-hybridized carbons (Fsp3) is 0.405. The number of carbonyl (C=O) groups is 2. The highest BCUT2D eigenvalue weighted by Crippen LogP contribution is 2.41. The van der Waals surface area contributed by atoms with Gasteiger partial charge in [-0.3, -0.25) is 4.79 Å². The van der Waals surface area contributed by atoms with Crippen molar-refractivity contribution in [2.45, 2.75) is 72.3 Å². The number of benzene rings is 2. The second kappa shape index (κ2) is 12.9. The molecular formula is C37H43N5O3. The number of pyridine rings is 1. The third-order valence-electron chi connectivity index (χ3n) is 9.33. The van der Waals surface area contributed by atoms with Crippen LogP contribution in [0, 0.1) is 19.8 Å². The van der Waals surface area contributed by atoms with Crippen molar-refractivity contribution in [3.8, 4) is 17.1 Å². The lowest BCUT2D eigenvalue weighted by Crippen LogP contribution is -2.40. The Morgan fingerprint density at radius 1 is 1.02 bits per heavy atom. The molecule has 4 aromatic rings. The highest BCUT2D eigenvalue weighted by atomic mass is 16.5. The Hall–Kier alpha value is -4.46. The summed E-state index contributed by atoms with van der Waals surface area (Å²) < 4.78 is 6.89. The SMILES string of the molecule is CCOC(=O)c1cnn(-c2cccc(-c3cccc4c3C(Nc3ccc(C5CCN(C(=O)C(C)C)CC5)cc3C)CC4)n2)c1C. The number of rotatable bonds is 8. The highest BCUT2D eigenvalue weighted by molar-refractivity contribution is 5.90. The quantitative estimate of drug-likeness (QED) is 0.214. The minimum Gasteiger partial charge on any atom is -0.462 e. The molecule has 8 nitrogen and oxygen atoms in total. The Labute approximate surface area is 265 Å². The number of amides is 1. The molecule has 1 saturated heterocycles. The fourth-order valence-corrected chi connectivity index (χ4v) is 6.88. The smallest absolute Gasteiger partial charge is 0.341 e. The van der Waals surface area contributed by atoms with Gasteiger partial charge in [0.05, 0.1) is 30.2 Å². The number of anilines is 1. The Balaban J connectivity index is 1.21. The average Bonchev–Trinajstić information content (AvgIpc) is 3.65. The van der Waals surface area contributed by atoms with Crippen molar-refractivity contribution >= 4 is 17.6 Å². The van der Waals surface area contributed by atoms with Gasteiger partial charge in [0.25, 0.3) is 0 Å². The number of ether oxygens (including phenoxy) is 1. The minimum atomic E-state index is -0.376. The van der Waals surface area contributed by atoms with Gasteiger partial charge in [-0.15, -0.1) is 0 Å². The lowest BCUT2D eigenvalue weighted by atomic mass is 9.88. The van der Waals surface area contributed by atoms with Crippen LogP contribution in [-0.2, 0) is 16.0 Å². The first-order valence-corrected chi connectivity index (χ1v) is 16.2. The molecule has 45 heavy (non-hydrogen) atoms. The van der Waals surface area contributed by atoms with Gasteiger partial charge in [0.15, 0.2) is 5.82 Å². The van der Waals surface area contributed by atoms with Gasteiger partial charge in [0, 0.05) is 30.3 Å². The molecule has 0 saturated carbocycles.